The summed E-state index contributed by atoms with van der Waals surface area (Å²) in [5.74, 6) is -2.30. The van der Waals surface area contributed by atoms with E-state index in [1.54, 1.807) is 25.1 Å². The van der Waals surface area contributed by atoms with Gasteiger partial charge < -0.3 is 10.4 Å². The third-order valence-electron chi connectivity index (χ3n) is 2.36. The Bertz CT molecular complexity index is 661. The Morgan fingerprint density at radius 2 is 2.00 bits per heavy atom. The normalized spacial score (nSPS) is 11.5. The summed E-state index contributed by atoms with van der Waals surface area (Å²) in [6, 6.07) is 4.90. The molecule has 1 aromatic rings. The molecule has 0 aliphatic carbocycles. The van der Waals surface area contributed by atoms with Crippen LogP contribution in [0.25, 0.3) is 6.08 Å². The van der Waals surface area contributed by atoms with E-state index in [0.717, 1.165) is 17.9 Å². The number of amides is 1. The molecule has 108 valence electrons. The Morgan fingerprint density at radius 3 is 2.55 bits per heavy atom. The summed E-state index contributed by atoms with van der Waals surface area (Å²) in [7, 11) is -3.39. The fraction of sp³-hybridized carbons (Fsp3) is 0.231. The van der Waals surface area contributed by atoms with E-state index >= 15 is 0 Å². The van der Waals surface area contributed by atoms with Crippen molar-refractivity contribution in [3.63, 3.8) is 0 Å². The van der Waals surface area contributed by atoms with E-state index in [0.29, 0.717) is 11.3 Å². The molecular weight excluding hydrogens is 282 g/mol. The van der Waals surface area contributed by atoms with E-state index in [2.05, 4.69) is 5.32 Å². The largest absolute Gasteiger partial charge is 0.478 e. The van der Waals surface area contributed by atoms with Crippen molar-refractivity contribution < 1.29 is 23.1 Å². The molecule has 0 unspecified atom stereocenters. The first-order valence-corrected chi connectivity index (χ1v) is 7.72. The Morgan fingerprint density at radius 1 is 1.35 bits per heavy atom. The lowest BCUT2D eigenvalue weighted by atomic mass is 10.1. The molecular formula is C13H15NO5S. The van der Waals surface area contributed by atoms with E-state index in [1.165, 1.54) is 6.08 Å². The van der Waals surface area contributed by atoms with Gasteiger partial charge in [-0.15, -0.1) is 0 Å². The number of carboxylic acids is 1. The van der Waals surface area contributed by atoms with Gasteiger partial charge in [0.1, 0.15) is 5.75 Å². The molecule has 0 heterocycles. The molecule has 0 atom stereocenters. The van der Waals surface area contributed by atoms with Crippen molar-refractivity contribution in [3.05, 3.63) is 35.4 Å². The van der Waals surface area contributed by atoms with Gasteiger partial charge in [0.25, 0.3) is 0 Å². The Kier molecular flexibility index (Phi) is 5.04. The van der Waals surface area contributed by atoms with Gasteiger partial charge >= 0.3 is 5.97 Å². The highest BCUT2D eigenvalue weighted by molar-refractivity contribution is 7.91. The van der Waals surface area contributed by atoms with Crippen molar-refractivity contribution in [2.24, 2.45) is 0 Å². The van der Waals surface area contributed by atoms with Crippen molar-refractivity contribution in [2.75, 3.05) is 17.3 Å². The molecule has 0 bridgehead atoms. The molecule has 20 heavy (non-hydrogen) atoms. The smallest absolute Gasteiger partial charge is 0.328 e. The SMILES string of the molecule is Cc1ccc(NC(=O)CS(C)(=O)=O)cc1C=CC(=O)O. The summed E-state index contributed by atoms with van der Waals surface area (Å²) < 4.78 is 22.0. The van der Waals surface area contributed by atoms with Crippen molar-refractivity contribution in [1.29, 1.82) is 0 Å². The summed E-state index contributed by atoms with van der Waals surface area (Å²) >= 11 is 0. The molecule has 1 aromatic carbocycles. The number of nitrogens with one attached hydrogen (secondary N) is 1. The van der Waals surface area contributed by atoms with Crippen LogP contribution in [0.5, 0.6) is 0 Å². The van der Waals surface area contributed by atoms with Crippen LogP contribution < -0.4 is 5.32 Å². The fourth-order valence-corrected chi connectivity index (χ4v) is 2.04. The molecule has 0 aromatic heterocycles. The van der Waals surface area contributed by atoms with Crippen molar-refractivity contribution in [3.8, 4) is 0 Å². The molecule has 0 saturated heterocycles. The van der Waals surface area contributed by atoms with Crippen LogP contribution in [0, 0.1) is 6.92 Å². The number of rotatable bonds is 5. The molecule has 1 rings (SSSR count). The molecule has 0 aliphatic heterocycles. The van der Waals surface area contributed by atoms with E-state index in [1.807, 2.05) is 0 Å². The predicted octanol–water partition coefficient (Wildman–Crippen LogP) is 1.08. The Labute approximate surface area is 117 Å². The number of hydrogen-bond donors (Lipinski definition) is 2. The lowest BCUT2D eigenvalue weighted by Gasteiger charge is -2.07. The van der Waals surface area contributed by atoms with Gasteiger partial charge in [0.2, 0.25) is 5.91 Å². The highest BCUT2D eigenvalue weighted by Crippen LogP contribution is 2.17. The van der Waals surface area contributed by atoms with Crippen LogP contribution in [-0.2, 0) is 19.4 Å². The molecule has 0 fully saturated rings. The third kappa shape index (κ3) is 5.66. The minimum absolute atomic E-state index is 0.411. The number of aryl methyl sites for hydroxylation is 1. The third-order valence-corrected chi connectivity index (χ3v) is 3.15. The maximum Gasteiger partial charge on any atom is 0.328 e. The number of anilines is 1. The number of carbonyl (C=O) groups is 2. The lowest BCUT2D eigenvalue weighted by molar-refractivity contribution is -0.131. The minimum Gasteiger partial charge on any atom is -0.478 e. The highest BCUT2D eigenvalue weighted by atomic mass is 32.2. The van der Waals surface area contributed by atoms with Crippen molar-refractivity contribution in [1.82, 2.24) is 0 Å². The van der Waals surface area contributed by atoms with E-state index in [4.69, 9.17) is 5.11 Å². The maximum absolute atomic E-state index is 11.5. The zero-order valence-electron chi connectivity index (χ0n) is 11.1. The monoisotopic (exact) mass is 297 g/mol. The fourth-order valence-electron chi connectivity index (χ4n) is 1.49. The van der Waals surface area contributed by atoms with Crippen LogP contribution in [0.1, 0.15) is 11.1 Å². The van der Waals surface area contributed by atoms with Gasteiger partial charge in [-0.05, 0) is 36.3 Å². The van der Waals surface area contributed by atoms with Gasteiger partial charge in [0, 0.05) is 18.0 Å². The Hall–Kier alpha value is -2.15. The molecule has 0 radical (unpaired) electrons. The zero-order chi connectivity index (χ0) is 15.3. The molecule has 0 spiro atoms. The second kappa shape index (κ2) is 6.33. The summed E-state index contributed by atoms with van der Waals surface area (Å²) in [5, 5.41) is 11.0. The average molecular weight is 297 g/mol. The molecule has 0 saturated carbocycles. The summed E-state index contributed by atoms with van der Waals surface area (Å²) in [5.41, 5.74) is 1.88. The predicted molar refractivity (Wildman–Crippen MR) is 76.2 cm³/mol. The van der Waals surface area contributed by atoms with Gasteiger partial charge in [-0.3, -0.25) is 4.79 Å². The summed E-state index contributed by atoms with van der Waals surface area (Å²) in [6.07, 6.45) is 3.37. The van der Waals surface area contributed by atoms with Gasteiger partial charge in [-0.25, -0.2) is 13.2 Å². The number of carboxylic acid groups (broad SMARTS) is 1. The van der Waals surface area contributed by atoms with Crippen LogP contribution in [0.3, 0.4) is 0 Å². The maximum atomic E-state index is 11.5. The van der Waals surface area contributed by atoms with E-state index in [-0.39, 0.29) is 0 Å². The van der Waals surface area contributed by atoms with Crippen LogP contribution in [0.4, 0.5) is 5.69 Å². The highest BCUT2D eigenvalue weighted by Gasteiger charge is 2.11. The number of hydrogen-bond acceptors (Lipinski definition) is 4. The number of sulfone groups is 1. The van der Waals surface area contributed by atoms with Gasteiger partial charge in [0.15, 0.2) is 9.84 Å². The standard InChI is InChI=1S/C13H15NO5S/c1-9-3-5-11(7-10(9)4-6-13(16)17)14-12(15)8-20(2,18)19/h3-7H,8H2,1-2H3,(H,14,15)(H,16,17). The number of aliphatic carboxylic acids is 1. The van der Waals surface area contributed by atoms with E-state index < -0.39 is 27.5 Å². The molecule has 6 nitrogen and oxygen atoms in total. The number of benzene rings is 1. The van der Waals surface area contributed by atoms with Crippen LogP contribution >= 0.6 is 0 Å². The second-order valence-corrected chi connectivity index (χ2v) is 6.50. The average Bonchev–Trinajstić information content (AvgIpc) is 2.27. The number of carbonyl (C=O) groups excluding carboxylic acids is 1. The Balaban J connectivity index is 2.90. The second-order valence-electron chi connectivity index (χ2n) is 4.36. The molecule has 2 N–H and O–H groups in total. The van der Waals surface area contributed by atoms with Crippen LogP contribution in [0.2, 0.25) is 0 Å². The summed E-state index contributed by atoms with van der Waals surface area (Å²) in [6.45, 7) is 1.80. The van der Waals surface area contributed by atoms with Crippen LogP contribution in [0.15, 0.2) is 24.3 Å². The van der Waals surface area contributed by atoms with Gasteiger partial charge in [0.05, 0.1) is 0 Å². The molecule has 1 amide bonds. The molecule has 0 aliphatic rings. The van der Waals surface area contributed by atoms with Crippen LogP contribution in [-0.4, -0.2) is 37.4 Å². The first kappa shape index (κ1) is 15.9. The lowest BCUT2D eigenvalue weighted by Crippen LogP contribution is -2.21. The molecule has 7 heteroatoms. The minimum atomic E-state index is -3.39. The zero-order valence-corrected chi connectivity index (χ0v) is 11.9. The first-order chi connectivity index (χ1) is 9.17. The topological polar surface area (TPSA) is 101 Å². The first-order valence-electron chi connectivity index (χ1n) is 5.66. The van der Waals surface area contributed by atoms with E-state index in [9.17, 15) is 18.0 Å². The van der Waals surface area contributed by atoms with Gasteiger partial charge in [-0.2, -0.15) is 0 Å². The van der Waals surface area contributed by atoms with Gasteiger partial charge in [-0.1, -0.05) is 6.07 Å². The van der Waals surface area contributed by atoms with Crippen molar-refractivity contribution in [2.45, 2.75) is 6.92 Å². The quantitative estimate of drug-likeness (QED) is 0.792. The summed E-state index contributed by atoms with van der Waals surface area (Å²) in [4.78, 5) is 22.0. The van der Waals surface area contributed by atoms with Crippen molar-refractivity contribution >= 4 is 33.5 Å².